The number of rotatable bonds is 5. The van der Waals surface area contributed by atoms with E-state index in [9.17, 15) is 4.79 Å². The summed E-state index contributed by atoms with van der Waals surface area (Å²) in [6.45, 7) is 4.00. The Balaban J connectivity index is 0. The van der Waals surface area contributed by atoms with Crippen molar-refractivity contribution in [3.63, 3.8) is 0 Å². The minimum absolute atomic E-state index is 0. The van der Waals surface area contributed by atoms with Crippen molar-refractivity contribution in [2.24, 2.45) is 5.92 Å². The molecule has 0 aromatic carbocycles. The SMILES string of the molecule is CCCCC(CC)C(=O)O.[Sn]. The first-order valence-electron chi connectivity index (χ1n) is 3.95. The predicted molar refractivity (Wildman–Crippen MR) is 46.7 cm³/mol. The van der Waals surface area contributed by atoms with E-state index in [0.29, 0.717) is 0 Å². The molecule has 0 bridgehead atoms. The minimum Gasteiger partial charge on any atom is -0.481 e. The largest absolute Gasteiger partial charge is 0.481 e. The Morgan fingerprint density at radius 2 is 2.00 bits per heavy atom. The van der Waals surface area contributed by atoms with E-state index in [0.717, 1.165) is 25.7 Å². The quantitative estimate of drug-likeness (QED) is 0.769. The summed E-state index contributed by atoms with van der Waals surface area (Å²) in [5.74, 6) is -0.754. The van der Waals surface area contributed by atoms with E-state index in [1.165, 1.54) is 0 Å². The molecule has 0 aliphatic heterocycles. The van der Waals surface area contributed by atoms with Crippen molar-refractivity contribution in [3.8, 4) is 0 Å². The third-order valence-electron chi connectivity index (χ3n) is 1.75. The molecule has 0 fully saturated rings. The van der Waals surface area contributed by atoms with Gasteiger partial charge in [-0.2, -0.15) is 0 Å². The first-order valence-corrected chi connectivity index (χ1v) is 3.95. The maximum absolute atomic E-state index is 10.4. The van der Waals surface area contributed by atoms with Crippen molar-refractivity contribution >= 4 is 29.9 Å². The van der Waals surface area contributed by atoms with E-state index in [4.69, 9.17) is 5.11 Å². The van der Waals surface area contributed by atoms with Crippen LogP contribution >= 0.6 is 0 Å². The van der Waals surface area contributed by atoms with Gasteiger partial charge < -0.3 is 5.11 Å². The number of carboxylic acid groups (broad SMARTS) is 1. The van der Waals surface area contributed by atoms with Gasteiger partial charge in [-0.15, -0.1) is 0 Å². The summed E-state index contributed by atoms with van der Waals surface area (Å²) < 4.78 is 0. The Morgan fingerprint density at radius 3 is 2.27 bits per heavy atom. The van der Waals surface area contributed by atoms with Gasteiger partial charge in [0, 0.05) is 23.9 Å². The molecule has 0 aromatic heterocycles. The number of hydrogen-bond donors (Lipinski definition) is 1. The predicted octanol–water partition coefficient (Wildman–Crippen LogP) is 1.91. The Morgan fingerprint density at radius 1 is 1.45 bits per heavy atom. The van der Waals surface area contributed by atoms with Gasteiger partial charge in [0.2, 0.25) is 0 Å². The molecule has 0 rings (SSSR count). The van der Waals surface area contributed by atoms with Crippen molar-refractivity contribution in [2.75, 3.05) is 0 Å². The van der Waals surface area contributed by atoms with Crippen LogP contribution in [0.15, 0.2) is 0 Å². The number of aliphatic carboxylic acids is 1. The molecule has 0 aromatic rings. The van der Waals surface area contributed by atoms with Crippen LogP contribution in [-0.2, 0) is 4.79 Å². The Hall–Kier alpha value is 0.269. The second kappa shape index (κ2) is 8.37. The van der Waals surface area contributed by atoms with Crippen LogP contribution in [0.1, 0.15) is 39.5 Å². The van der Waals surface area contributed by atoms with Gasteiger partial charge in [0.05, 0.1) is 5.92 Å². The number of unbranched alkanes of at least 4 members (excludes halogenated alkanes) is 1. The van der Waals surface area contributed by atoms with E-state index in [-0.39, 0.29) is 29.8 Å². The average molecular weight is 263 g/mol. The van der Waals surface area contributed by atoms with Crippen molar-refractivity contribution in [1.82, 2.24) is 0 Å². The van der Waals surface area contributed by atoms with E-state index in [2.05, 4.69) is 6.92 Å². The molecule has 1 unspecified atom stereocenters. The third kappa shape index (κ3) is 6.66. The number of carboxylic acids is 1. The summed E-state index contributed by atoms with van der Waals surface area (Å²) >= 11 is 0. The molecular weight excluding hydrogens is 247 g/mol. The van der Waals surface area contributed by atoms with Crippen LogP contribution in [0.2, 0.25) is 0 Å². The van der Waals surface area contributed by atoms with Crippen LogP contribution < -0.4 is 0 Å². The van der Waals surface area contributed by atoms with E-state index in [1.54, 1.807) is 0 Å². The zero-order chi connectivity index (χ0) is 7.98. The van der Waals surface area contributed by atoms with Gasteiger partial charge >= 0.3 is 5.97 Å². The summed E-state index contributed by atoms with van der Waals surface area (Å²) in [6.07, 6.45) is 3.71. The van der Waals surface area contributed by atoms with Crippen LogP contribution in [-0.4, -0.2) is 35.0 Å². The zero-order valence-electron chi connectivity index (χ0n) is 7.26. The zero-order valence-corrected chi connectivity index (χ0v) is 10.1. The Labute approximate surface area is 85.3 Å². The molecule has 1 N–H and O–H groups in total. The van der Waals surface area contributed by atoms with Gasteiger partial charge in [0.25, 0.3) is 0 Å². The van der Waals surface area contributed by atoms with Crippen LogP contribution in [0.25, 0.3) is 0 Å². The molecule has 0 aliphatic rings. The molecule has 0 aliphatic carbocycles. The molecular formula is C8H16O2Sn. The van der Waals surface area contributed by atoms with Gasteiger partial charge in [-0.05, 0) is 12.8 Å². The van der Waals surface area contributed by atoms with Crippen molar-refractivity contribution in [3.05, 3.63) is 0 Å². The summed E-state index contributed by atoms with van der Waals surface area (Å²) in [6, 6.07) is 0. The molecule has 0 spiro atoms. The fourth-order valence-corrected chi connectivity index (χ4v) is 0.953. The van der Waals surface area contributed by atoms with E-state index in [1.807, 2.05) is 6.92 Å². The molecule has 0 saturated carbocycles. The second-order valence-corrected chi connectivity index (χ2v) is 2.59. The standard InChI is InChI=1S/C8H16O2.Sn/c1-3-5-6-7(4-2)8(9)10;/h7H,3-6H2,1-2H3,(H,9,10);. The molecule has 0 heterocycles. The first kappa shape index (κ1) is 13.8. The van der Waals surface area contributed by atoms with Crippen LogP contribution in [0.4, 0.5) is 0 Å². The van der Waals surface area contributed by atoms with E-state index < -0.39 is 5.97 Å². The summed E-state index contributed by atoms with van der Waals surface area (Å²) in [5, 5.41) is 8.60. The number of carbonyl (C=O) groups is 1. The molecule has 2 nitrogen and oxygen atoms in total. The molecule has 64 valence electrons. The third-order valence-corrected chi connectivity index (χ3v) is 1.75. The monoisotopic (exact) mass is 264 g/mol. The van der Waals surface area contributed by atoms with Crippen LogP contribution in [0.5, 0.6) is 0 Å². The first-order chi connectivity index (χ1) is 4.72. The van der Waals surface area contributed by atoms with Crippen LogP contribution in [0, 0.1) is 5.92 Å². The van der Waals surface area contributed by atoms with Gasteiger partial charge in [-0.25, -0.2) is 0 Å². The fraction of sp³-hybridized carbons (Fsp3) is 0.875. The minimum atomic E-state index is -0.643. The topological polar surface area (TPSA) is 37.3 Å². The maximum Gasteiger partial charge on any atom is 0.306 e. The summed E-state index contributed by atoms with van der Waals surface area (Å²) in [4.78, 5) is 10.4. The van der Waals surface area contributed by atoms with Gasteiger partial charge in [-0.3, -0.25) is 4.79 Å². The molecule has 4 radical (unpaired) electrons. The molecule has 1 atom stereocenters. The van der Waals surface area contributed by atoms with Gasteiger partial charge in [0.1, 0.15) is 0 Å². The van der Waals surface area contributed by atoms with Gasteiger partial charge in [0.15, 0.2) is 0 Å². The smallest absolute Gasteiger partial charge is 0.306 e. The maximum atomic E-state index is 10.4. The van der Waals surface area contributed by atoms with Crippen molar-refractivity contribution in [2.45, 2.75) is 39.5 Å². The fourth-order valence-electron chi connectivity index (χ4n) is 0.953. The Kier molecular flexibility index (Phi) is 10.5. The van der Waals surface area contributed by atoms with Crippen molar-refractivity contribution < 1.29 is 9.90 Å². The second-order valence-electron chi connectivity index (χ2n) is 2.59. The molecule has 0 saturated heterocycles. The van der Waals surface area contributed by atoms with Crippen molar-refractivity contribution in [1.29, 1.82) is 0 Å². The Bertz CT molecular complexity index is 104. The molecule has 0 amide bonds. The normalized spacial score (nSPS) is 11.8. The molecule has 11 heavy (non-hydrogen) atoms. The van der Waals surface area contributed by atoms with E-state index >= 15 is 0 Å². The summed E-state index contributed by atoms with van der Waals surface area (Å²) in [5.41, 5.74) is 0. The van der Waals surface area contributed by atoms with Crippen LogP contribution in [0.3, 0.4) is 0 Å². The number of hydrogen-bond acceptors (Lipinski definition) is 1. The summed E-state index contributed by atoms with van der Waals surface area (Å²) in [7, 11) is 0. The average Bonchev–Trinajstić information content (AvgIpc) is 1.89. The molecule has 3 heteroatoms. The van der Waals surface area contributed by atoms with Gasteiger partial charge in [-0.1, -0.05) is 26.7 Å².